The molecule has 0 aliphatic carbocycles. The van der Waals surface area contributed by atoms with Gasteiger partial charge in [-0.25, -0.2) is 4.98 Å². The first kappa shape index (κ1) is 26.4. The SMILES string of the molecule is CC(C)Cc1ccc(C(=O)N2CCC(c3ccc(NC(=O)c4nc5ccccc5n(C)c4=O)cc3)CC2)cc1. The Hall–Kier alpha value is -4.26. The Morgan fingerprint density at radius 1 is 0.949 bits per heavy atom. The standard InChI is InChI=1S/C32H34N4O3/c1-21(2)20-22-8-10-25(11-9-22)31(38)36-18-16-24(17-19-36)23-12-14-26(15-13-23)33-30(37)29-32(39)35(3)28-7-5-4-6-27(28)34-29/h4-15,21,24H,16-20H2,1-3H3,(H,33,37). The molecule has 1 saturated heterocycles. The van der Waals surface area contributed by atoms with E-state index in [1.54, 1.807) is 19.2 Å². The van der Waals surface area contributed by atoms with Crippen LogP contribution in [0.3, 0.4) is 0 Å². The first-order valence-corrected chi connectivity index (χ1v) is 13.6. The maximum atomic E-state index is 13.0. The van der Waals surface area contributed by atoms with Crippen molar-refractivity contribution in [2.75, 3.05) is 18.4 Å². The Morgan fingerprint density at radius 3 is 2.28 bits per heavy atom. The summed E-state index contributed by atoms with van der Waals surface area (Å²) in [5.41, 5.74) is 4.49. The minimum Gasteiger partial charge on any atom is -0.339 e. The normalized spacial score (nSPS) is 14.1. The predicted molar refractivity (Wildman–Crippen MR) is 154 cm³/mol. The van der Waals surface area contributed by atoms with Crippen LogP contribution in [0.1, 0.15) is 64.6 Å². The summed E-state index contributed by atoms with van der Waals surface area (Å²) >= 11 is 0. The molecule has 1 aliphatic heterocycles. The molecule has 2 heterocycles. The van der Waals surface area contributed by atoms with Gasteiger partial charge in [0.25, 0.3) is 17.4 Å². The molecule has 4 aromatic rings. The fourth-order valence-electron chi connectivity index (χ4n) is 5.31. The number of nitrogens with zero attached hydrogens (tertiary/aromatic N) is 3. The summed E-state index contributed by atoms with van der Waals surface area (Å²) in [6.45, 7) is 5.82. The minimum atomic E-state index is -0.529. The van der Waals surface area contributed by atoms with Crippen molar-refractivity contribution in [2.45, 2.75) is 39.0 Å². The number of hydrogen-bond donors (Lipinski definition) is 1. The van der Waals surface area contributed by atoms with E-state index in [4.69, 9.17) is 0 Å². The van der Waals surface area contributed by atoms with Gasteiger partial charge in [-0.3, -0.25) is 14.4 Å². The molecule has 39 heavy (non-hydrogen) atoms. The average molecular weight is 523 g/mol. The number of carbonyl (C=O) groups is 2. The van der Waals surface area contributed by atoms with Gasteiger partial charge in [0.1, 0.15) is 0 Å². The van der Waals surface area contributed by atoms with Crippen LogP contribution in [0.25, 0.3) is 11.0 Å². The van der Waals surface area contributed by atoms with Gasteiger partial charge in [0.05, 0.1) is 11.0 Å². The number of hydrogen-bond acceptors (Lipinski definition) is 4. The van der Waals surface area contributed by atoms with E-state index in [1.807, 2.05) is 53.4 Å². The number of carbonyl (C=O) groups excluding carboxylic acids is 2. The quantitative estimate of drug-likeness (QED) is 0.367. The highest BCUT2D eigenvalue weighted by Gasteiger charge is 2.25. The average Bonchev–Trinajstić information content (AvgIpc) is 2.95. The smallest absolute Gasteiger partial charge is 0.282 e. The number of likely N-dealkylation sites (tertiary alicyclic amines) is 1. The van der Waals surface area contributed by atoms with Gasteiger partial charge in [-0.05, 0) is 78.6 Å². The first-order valence-electron chi connectivity index (χ1n) is 13.6. The van der Waals surface area contributed by atoms with E-state index in [-0.39, 0.29) is 11.6 Å². The number of benzene rings is 3. The molecule has 1 aromatic heterocycles. The maximum absolute atomic E-state index is 13.0. The van der Waals surface area contributed by atoms with Crippen molar-refractivity contribution in [2.24, 2.45) is 13.0 Å². The van der Waals surface area contributed by atoms with Crippen LogP contribution in [0.4, 0.5) is 5.69 Å². The van der Waals surface area contributed by atoms with Gasteiger partial charge >= 0.3 is 0 Å². The molecule has 1 aliphatic rings. The number of rotatable bonds is 6. The van der Waals surface area contributed by atoms with Crippen molar-refractivity contribution in [3.05, 3.63) is 106 Å². The van der Waals surface area contributed by atoms with Gasteiger partial charge in [0, 0.05) is 31.4 Å². The van der Waals surface area contributed by atoms with E-state index in [9.17, 15) is 14.4 Å². The summed E-state index contributed by atoms with van der Waals surface area (Å²) < 4.78 is 1.44. The largest absolute Gasteiger partial charge is 0.339 e. The van der Waals surface area contributed by atoms with Crippen LogP contribution < -0.4 is 10.9 Å². The van der Waals surface area contributed by atoms with Crippen molar-refractivity contribution in [1.82, 2.24) is 14.5 Å². The fraction of sp³-hybridized carbons (Fsp3) is 0.312. The zero-order chi connectivity index (χ0) is 27.5. The molecule has 0 atom stereocenters. The van der Waals surface area contributed by atoms with Crippen LogP contribution in [0.2, 0.25) is 0 Å². The van der Waals surface area contributed by atoms with Gasteiger partial charge in [-0.2, -0.15) is 0 Å². The Morgan fingerprint density at radius 2 is 1.62 bits per heavy atom. The van der Waals surface area contributed by atoms with Crippen LogP contribution >= 0.6 is 0 Å². The second kappa shape index (κ2) is 11.2. The Kier molecular flexibility index (Phi) is 7.59. The number of aryl methyl sites for hydroxylation is 1. The Bertz CT molecular complexity index is 1550. The first-order chi connectivity index (χ1) is 18.8. The van der Waals surface area contributed by atoms with Gasteiger partial charge in [0.15, 0.2) is 5.69 Å². The lowest BCUT2D eigenvalue weighted by Crippen LogP contribution is -2.37. The monoisotopic (exact) mass is 522 g/mol. The van der Waals surface area contributed by atoms with Crippen molar-refractivity contribution in [3.63, 3.8) is 0 Å². The molecular formula is C32H34N4O3. The number of nitrogens with one attached hydrogen (secondary N) is 1. The minimum absolute atomic E-state index is 0.0936. The van der Waals surface area contributed by atoms with E-state index in [1.165, 1.54) is 15.7 Å². The molecule has 0 unspecified atom stereocenters. The third kappa shape index (κ3) is 5.77. The molecule has 7 heteroatoms. The molecule has 1 fully saturated rings. The molecular weight excluding hydrogens is 488 g/mol. The molecule has 7 nitrogen and oxygen atoms in total. The lowest BCUT2D eigenvalue weighted by Gasteiger charge is -2.32. The molecule has 3 aromatic carbocycles. The Labute approximate surface area is 228 Å². The molecule has 0 bridgehead atoms. The molecule has 2 amide bonds. The topological polar surface area (TPSA) is 84.3 Å². The second-order valence-corrected chi connectivity index (χ2v) is 10.8. The molecule has 0 saturated carbocycles. The number of piperidine rings is 1. The summed E-state index contributed by atoms with van der Waals surface area (Å²) in [7, 11) is 1.64. The van der Waals surface area contributed by atoms with Crippen molar-refractivity contribution < 1.29 is 9.59 Å². The van der Waals surface area contributed by atoms with Crippen molar-refractivity contribution >= 4 is 28.5 Å². The van der Waals surface area contributed by atoms with Crippen LogP contribution in [-0.2, 0) is 13.5 Å². The highest BCUT2D eigenvalue weighted by Crippen LogP contribution is 2.29. The Balaban J connectivity index is 1.19. The third-order valence-electron chi connectivity index (χ3n) is 7.46. The zero-order valence-corrected chi connectivity index (χ0v) is 22.7. The van der Waals surface area contributed by atoms with E-state index >= 15 is 0 Å². The van der Waals surface area contributed by atoms with Crippen LogP contribution in [0.15, 0.2) is 77.6 Å². The summed E-state index contributed by atoms with van der Waals surface area (Å²) in [4.78, 5) is 44.8. The van der Waals surface area contributed by atoms with Gasteiger partial charge < -0.3 is 14.8 Å². The molecule has 0 spiro atoms. The van der Waals surface area contributed by atoms with E-state index < -0.39 is 11.5 Å². The number of amides is 2. The van der Waals surface area contributed by atoms with Crippen molar-refractivity contribution in [3.8, 4) is 0 Å². The van der Waals surface area contributed by atoms with Crippen molar-refractivity contribution in [1.29, 1.82) is 0 Å². The lowest BCUT2D eigenvalue weighted by molar-refractivity contribution is 0.0713. The van der Waals surface area contributed by atoms with Gasteiger partial charge in [0.2, 0.25) is 0 Å². The predicted octanol–water partition coefficient (Wildman–Crippen LogP) is 5.40. The zero-order valence-electron chi connectivity index (χ0n) is 22.7. The van der Waals surface area contributed by atoms with Crippen LogP contribution in [0.5, 0.6) is 0 Å². The highest BCUT2D eigenvalue weighted by molar-refractivity contribution is 6.03. The lowest BCUT2D eigenvalue weighted by atomic mass is 9.89. The molecule has 0 radical (unpaired) electrons. The number of para-hydroxylation sites is 2. The number of fused-ring (bicyclic) bond motifs is 1. The highest BCUT2D eigenvalue weighted by atomic mass is 16.2. The summed E-state index contributed by atoms with van der Waals surface area (Å²) in [6, 6.07) is 23.0. The summed E-state index contributed by atoms with van der Waals surface area (Å²) in [5.74, 6) is 0.502. The number of aromatic nitrogens is 2. The fourth-order valence-corrected chi connectivity index (χ4v) is 5.31. The van der Waals surface area contributed by atoms with E-state index in [0.29, 0.717) is 41.6 Å². The second-order valence-electron chi connectivity index (χ2n) is 10.8. The van der Waals surface area contributed by atoms with E-state index in [2.05, 4.69) is 36.3 Å². The van der Waals surface area contributed by atoms with Gasteiger partial charge in [-0.1, -0.05) is 50.2 Å². The summed E-state index contributed by atoms with van der Waals surface area (Å²) in [5, 5.41) is 2.81. The number of anilines is 1. The van der Waals surface area contributed by atoms with Crippen LogP contribution in [0, 0.1) is 5.92 Å². The summed E-state index contributed by atoms with van der Waals surface area (Å²) in [6.07, 6.45) is 2.79. The molecule has 1 N–H and O–H groups in total. The van der Waals surface area contributed by atoms with E-state index in [0.717, 1.165) is 24.8 Å². The maximum Gasteiger partial charge on any atom is 0.282 e. The van der Waals surface area contributed by atoms with Gasteiger partial charge in [-0.15, -0.1) is 0 Å². The molecule has 200 valence electrons. The molecule has 5 rings (SSSR count). The third-order valence-corrected chi connectivity index (χ3v) is 7.46. The van der Waals surface area contributed by atoms with Crippen LogP contribution in [-0.4, -0.2) is 39.4 Å².